The van der Waals surface area contributed by atoms with E-state index in [1.165, 1.54) is 0 Å². The Kier molecular flexibility index (Phi) is 9.73. The van der Waals surface area contributed by atoms with Crippen LogP contribution in [0.25, 0.3) is 0 Å². The van der Waals surface area contributed by atoms with E-state index in [1.807, 2.05) is 30.3 Å². The highest BCUT2D eigenvalue weighted by atomic mass is 35.5. The van der Waals surface area contributed by atoms with Crippen LogP contribution in [-0.2, 0) is 13.2 Å². The number of hydrogen-bond acceptors (Lipinski definition) is 5. The smallest absolute Gasteiger partial charge is 0.163 e. The van der Waals surface area contributed by atoms with Crippen molar-refractivity contribution in [3.05, 3.63) is 57.6 Å². The van der Waals surface area contributed by atoms with Crippen molar-refractivity contribution in [1.29, 1.82) is 0 Å². The van der Waals surface area contributed by atoms with Gasteiger partial charge in [-0.1, -0.05) is 41.4 Å². The van der Waals surface area contributed by atoms with Gasteiger partial charge in [-0.25, -0.2) is 0 Å². The average Bonchev–Trinajstić information content (AvgIpc) is 2.67. The quantitative estimate of drug-likeness (QED) is 0.464. The first-order valence-corrected chi connectivity index (χ1v) is 9.66. The number of halogens is 2. The largest absolute Gasteiger partial charge is 0.493 e. The van der Waals surface area contributed by atoms with Crippen LogP contribution in [0.15, 0.2) is 36.4 Å². The third-order valence-electron chi connectivity index (χ3n) is 3.98. The average molecular weight is 413 g/mol. The van der Waals surface area contributed by atoms with Crippen molar-refractivity contribution in [2.24, 2.45) is 0 Å². The molecule has 0 bridgehead atoms. The summed E-state index contributed by atoms with van der Waals surface area (Å²) in [6.45, 7) is 3.47. The predicted octanol–water partition coefficient (Wildman–Crippen LogP) is 3.64. The van der Waals surface area contributed by atoms with Gasteiger partial charge in [0.25, 0.3) is 0 Å². The van der Waals surface area contributed by atoms with E-state index < -0.39 is 0 Å². The first-order valence-electron chi connectivity index (χ1n) is 8.90. The molecule has 5 nitrogen and oxygen atoms in total. The molecule has 0 atom stereocenters. The van der Waals surface area contributed by atoms with Gasteiger partial charge in [0.1, 0.15) is 6.61 Å². The molecule has 0 unspecified atom stereocenters. The molecule has 0 fully saturated rings. The SMILES string of the molecule is COc1cc(CNCCCNCCO)c(Cl)cc1OCc1ccccc1Cl. The molecular formula is C20H26Cl2N2O3. The van der Waals surface area contributed by atoms with Gasteiger partial charge in [0.05, 0.1) is 13.7 Å². The maximum Gasteiger partial charge on any atom is 0.163 e. The van der Waals surface area contributed by atoms with Crippen molar-refractivity contribution < 1.29 is 14.6 Å². The molecule has 0 saturated carbocycles. The Morgan fingerprint density at radius 1 is 0.926 bits per heavy atom. The molecule has 2 aromatic carbocycles. The van der Waals surface area contributed by atoms with Gasteiger partial charge in [0.2, 0.25) is 0 Å². The predicted molar refractivity (Wildman–Crippen MR) is 110 cm³/mol. The van der Waals surface area contributed by atoms with E-state index in [-0.39, 0.29) is 6.61 Å². The Morgan fingerprint density at radius 2 is 1.70 bits per heavy atom. The van der Waals surface area contributed by atoms with Crippen LogP contribution in [-0.4, -0.2) is 38.5 Å². The number of ether oxygens (including phenoxy) is 2. The number of aliphatic hydroxyl groups excluding tert-OH is 1. The molecule has 2 aromatic rings. The molecule has 0 saturated heterocycles. The molecule has 0 amide bonds. The van der Waals surface area contributed by atoms with Crippen LogP contribution in [0, 0.1) is 0 Å². The molecule has 0 spiro atoms. The normalized spacial score (nSPS) is 10.8. The van der Waals surface area contributed by atoms with Gasteiger partial charge in [-0.3, -0.25) is 0 Å². The number of nitrogens with one attached hydrogen (secondary N) is 2. The van der Waals surface area contributed by atoms with Gasteiger partial charge >= 0.3 is 0 Å². The van der Waals surface area contributed by atoms with Gasteiger partial charge in [0.15, 0.2) is 11.5 Å². The number of hydrogen-bond donors (Lipinski definition) is 3. The second-order valence-electron chi connectivity index (χ2n) is 5.98. The molecule has 0 radical (unpaired) electrons. The van der Waals surface area contributed by atoms with Crippen molar-refractivity contribution >= 4 is 23.2 Å². The lowest BCUT2D eigenvalue weighted by Gasteiger charge is -2.15. The van der Waals surface area contributed by atoms with Gasteiger partial charge in [-0.15, -0.1) is 0 Å². The Labute approximate surface area is 170 Å². The Balaban J connectivity index is 1.91. The minimum Gasteiger partial charge on any atom is -0.493 e. The Bertz CT molecular complexity index is 714. The summed E-state index contributed by atoms with van der Waals surface area (Å²) in [5.74, 6) is 1.22. The lowest BCUT2D eigenvalue weighted by atomic mass is 10.2. The van der Waals surface area contributed by atoms with E-state index in [1.54, 1.807) is 13.2 Å². The summed E-state index contributed by atoms with van der Waals surface area (Å²) in [7, 11) is 1.61. The topological polar surface area (TPSA) is 62.8 Å². The fourth-order valence-electron chi connectivity index (χ4n) is 2.52. The number of rotatable bonds is 12. The fraction of sp³-hybridized carbons (Fsp3) is 0.400. The number of aliphatic hydroxyl groups is 1. The molecule has 7 heteroatoms. The van der Waals surface area contributed by atoms with Crippen molar-refractivity contribution in [2.45, 2.75) is 19.6 Å². The first kappa shape index (κ1) is 21.8. The van der Waals surface area contributed by atoms with Crippen molar-refractivity contribution in [1.82, 2.24) is 10.6 Å². The standard InChI is InChI=1S/C20H26Cl2N2O3/c1-26-19-11-16(13-24-8-4-7-23-9-10-25)18(22)12-20(19)27-14-15-5-2-3-6-17(15)21/h2-3,5-6,11-12,23-25H,4,7-10,13-14H2,1H3. The summed E-state index contributed by atoms with van der Waals surface area (Å²) in [4.78, 5) is 0. The second-order valence-corrected chi connectivity index (χ2v) is 6.79. The molecule has 2 rings (SSSR count). The third-order valence-corrected chi connectivity index (χ3v) is 4.71. The Hall–Kier alpha value is -1.50. The summed E-state index contributed by atoms with van der Waals surface area (Å²) < 4.78 is 11.3. The highest BCUT2D eigenvalue weighted by Gasteiger charge is 2.11. The monoisotopic (exact) mass is 412 g/mol. The van der Waals surface area contributed by atoms with Crippen LogP contribution in [0.3, 0.4) is 0 Å². The highest BCUT2D eigenvalue weighted by molar-refractivity contribution is 6.31. The van der Waals surface area contributed by atoms with Crippen molar-refractivity contribution in [3.8, 4) is 11.5 Å². The van der Waals surface area contributed by atoms with Crippen LogP contribution < -0.4 is 20.1 Å². The zero-order valence-electron chi connectivity index (χ0n) is 15.4. The Morgan fingerprint density at radius 3 is 2.44 bits per heavy atom. The van der Waals surface area contributed by atoms with Crippen molar-refractivity contribution in [2.75, 3.05) is 33.4 Å². The van der Waals surface area contributed by atoms with Crippen LogP contribution in [0.4, 0.5) is 0 Å². The third kappa shape index (κ3) is 7.20. The summed E-state index contributed by atoms with van der Waals surface area (Å²) in [6.07, 6.45) is 0.966. The highest BCUT2D eigenvalue weighted by Crippen LogP contribution is 2.34. The first-order chi connectivity index (χ1) is 13.2. The second kappa shape index (κ2) is 12.1. The van der Waals surface area contributed by atoms with Crippen molar-refractivity contribution in [3.63, 3.8) is 0 Å². The van der Waals surface area contributed by atoms with E-state index in [0.29, 0.717) is 41.2 Å². The van der Waals surface area contributed by atoms with Crippen LogP contribution >= 0.6 is 23.2 Å². The summed E-state index contributed by atoms with van der Waals surface area (Å²) in [6, 6.07) is 11.2. The molecular weight excluding hydrogens is 387 g/mol. The van der Waals surface area contributed by atoms with E-state index in [0.717, 1.165) is 30.6 Å². The van der Waals surface area contributed by atoms with Gasteiger partial charge in [-0.05, 0) is 37.2 Å². The lowest BCUT2D eigenvalue weighted by molar-refractivity contribution is 0.284. The molecule has 148 valence electrons. The lowest BCUT2D eigenvalue weighted by Crippen LogP contribution is -2.24. The molecule has 0 aliphatic carbocycles. The minimum absolute atomic E-state index is 0.160. The molecule has 27 heavy (non-hydrogen) atoms. The van der Waals surface area contributed by atoms with E-state index >= 15 is 0 Å². The zero-order valence-corrected chi connectivity index (χ0v) is 16.9. The van der Waals surface area contributed by atoms with Gasteiger partial charge < -0.3 is 25.2 Å². The maximum absolute atomic E-state index is 8.71. The van der Waals surface area contributed by atoms with E-state index in [4.69, 9.17) is 37.8 Å². The van der Waals surface area contributed by atoms with Crippen LogP contribution in [0.1, 0.15) is 17.5 Å². The van der Waals surface area contributed by atoms with Crippen LogP contribution in [0.5, 0.6) is 11.5 Å². The number of benzene rings is 2. The maximum atomic E-state index is 8.71. The van der Waals surface area contributed by atoms with Gasteiger partial charge in [0, 0.05) is 34.8 Å². The van der Waals surface area contributed by atoms with E-state index in [2.05, 4.69) is 10.6 Å². The van der Waals surface area contributed by atoms with Gasteiger partial charge in [-0.2, -0.15) is 0 Å². The van der Waals surface area contributed by atoms with Crippen LogP contribution in [0.2, 0.25) is 10.0 Å². The molecule has 0 aliphatic rings. The fourth-order valence-corrected chi connectivity index (χ4v) is 2.93. The van der Waals surface area contributed by atoms with E-state index in [9.17, 15) is 0 Å². The zero-order chi connectivity index (χ0) is 19.5. The molecule has 0 heterocycles. The summed E-state index contributed by atoms with van der Waals surface area (Å²) in [5, 5.41) is 16.5. The molecule has 0 aromatic heterocycles. The summed E-state index contributed by atoms with van der Waals surface area (Å²) in [5.41, 5.74) is 1.85. The summed E-state index contributed by atoms with van der Waals surface area (Å²) >= 11 is 12.6. The molecule has 3 N–H and O–H groups in total. The minimum atomic E-state index is 0.160. The number of methoxy groups -OCH3 is 1. The molecule has 0 aliphatic heterocycles.